The van der Waals surface area contributed by atoms with E-state index < -0.39 is 0 Å². The van der Waals surface area contributed by atoms with Crippen molar-refractivity contribution < 1.29 is 9.47 Å². The Hall–Kier alpha value is -0.850. The van der Waals surface area contributed by atoms with Gasteiger partial charge in [-0.1, -0.05) is 19.3 Å². The maximum atomic E-state index is 5.77. The Morgan fingerprint density at radius 2 is 1.93 bits per heavy atom. The van der Waals surface area contributed by atoms with Crippen LogP contribution in [0.25, 0.3) is 0 Å². The molecule has 0 bridgehead atoms. The molecule has 0 spiro atoms. The van der Waals surface area contributed by atoms with Gasteiger partial charge in [-0.05, 0) is 38.5 Å². The summed E-state index contributed by atoms with van der Waals surface area (Å²) < 4.78 is 11.1. The number of ether oxygens (including phenoxy) is 2. The number of hydrogen-bond donors (Lipinski definition) is 2. The summed E-state index contributed by atoms with van der Waals surface area (Å²) in [6.45, 7) is 6.79. The lowest BCUT2D eigenvalue weighted by molar-refractivity contribution is 0.0887. The zero-order chi connectivity index (χ0) is 18.7. The second-order valence-corrected chi connectivity index (χ2v) is 8.40. The topological polar surface area (TPSA) is 58.1 Å². The molecule has 2 saturated heterocycles. The van der Waals surface area contributed by atoms with Crippen molar-refractivity contribution in [2.75, 3.05) is 53.1 Å². The molecule has 3 rings (SSSR count). The SMILES string of the molecule is CN=C(NCCCOCC1CCOC1)NC1CCN(C2CCCCC2)CC1. The number of nitrogens with zero attached hydrogens (tertiary/aromatic N) is 2. The molecule has 27 heavy (non-hydrogen) atoms. The first kappa shape index (κ1) is 20.9. The predicted molar refractivity (Wildman–Crippen MR) is 110 cm³/mol. The Morgan fingerprint density at radius 3 is 2.63 bits per heavy atom. The normalized spacial score (nSPS) is 26.4. The third-order valence-corrected chi connectivity index (χ3v) is 6.32. The molecular formula is C21H40N4O2. The van der Waals surface area contributed by atoms with Crippen molar-refractivity contribution in [1.82, 2.24) is 15.5 Å². The van der Waals surface area contributed by atoms with Crippen LogP contribution < -0.4 is 10.6 Å². The van der Waals surface area contributed by atoms with Crippen LogP contribution >= 0.6 is 0 Å². The van der Waals surface area contributed by atoms with Crippen molar-refractivity contribution in [2.45, 2.75) is 69.9 Å². The molecule has 0 radical (unpaired) electrons. The first-order valence-corrected chi connectivity index (χ1v) is 11.2. The third kappa shape index (κ3) is 7.24. The van der Waals surface area contributed by atoms with Crippen molar-refractivity contribution in [3.05, 3.63) is 0 Å². The van der Waals surface area contributed by atoms with E-state index in [2.05, 4.69) is 20.5 Å². The van der Waals surface area contributed by atoms with Gasteiger partial charge in [0.2, 0.25) is 0 Å². The molecule has 1 unspecified atom stereocenters. The van der Waals surface area contributed by atoms with E-state index in [1.54, 1.807) is 0 Å². The standard InChI is InChI=1S/C21H40N4O2/c1-22-21(23-11-5-14-26-16-18-10-15-27-17-18)24-19-8-12-25(13-9-19)20-6-3-2-4-7-20/h18-20H,2-17H2,1H3,(H2,22,23,24). The molecule has 3 fully saturated rings. The molecule has 1 saturated carbocycles. The van der Waals surface area contributed by atoms with E-state index in [4.69, 9.17) is 9.47 Å². The maximum absolute atomic E-state index is 5.77. The Bertz CT molecular complexity index is 426. The second kappa shape index (κ2) is 11.9. The van der Waals surface area contributed by atoms with Crippen LogP contribution in [0.15, 0.2) is 4.99 Å². The number of nitrogens with one attached hydrogen (secondary N) is 2. The summed E-state index contributed by atoms with van der Waals surface area (Å²) in [4.78, 5) is 7.13. The highest BCUT2D eigenvalue weighted by Gasteiger charge is 2.26. The highest BCUT2D eigenvalue weighted by atomic mass is 16.5. The lowest BCUT2D eigenvalue weighted by Gasteiger charge is -2.39. The zero-order valence-corrected chi connectivity index (χ0v) is 17.3. The Labute approximate surface area is 165 Å². The first-order valence-electron chi connectivity index (χ1n) is 11.2. The van der Waals surface area contributed by atoms with Crippen LogP contribution in [0.4, 0.5) is 0 Å². The van der Waals surface area contributed by atoms with E-state index in [-0.39, 0.29) is 0 Å². The largest absolute Gasteiger partial charge is 0.381 e. The van der Waals surface area contributed by atoms with E-state index in [0.29, 0.717) is 12.0 Å². The minimum Gasteiger partial charge on any atom is -0.381 e. The molecule has 0 aromatic carbocycles. The van der Waals surface area contributed by atoms with Crippen molar-refractivity contribution >= 4 is 5.96 Å². The lowest BCUT2D eigenvalue weighted by atomic mass is 9.92. The van der Waals surface area contributed by atoms with Gasteiger partial charge in [-0.25, -0.2) is 0 Å². The van der Waals surface area contributed by atoms with Crippen LogP contribution in [0.1, 0.15) is 57.8 Å². The molecule has 3 aliphatic rings. The summed E-state index contributed by atoms with van der Waals surface area (Å²) in [6, 6.07) is 1.41. The van der Waals surface area contributed by atoms with Crippen LogP contribution in [-0.2, 0) is 9.47 Å². The van der Waals surface area contributed by atoms with Gasteiger partial charge in [-0.2, -0.15) is 0 Å². The molecule has 0 amide bonds. The smallest absolute Gasteiger partial charge is 0.191 e. The minimum absolute atomic E-state index is 0.551. The summed E-state index contributed by atoms with van der Waals surface area (Å²) in [5.41, 5.74) is 0. The fourth-order valence-electron chi connectivity index (χ4n) is 4.59. The van der Waals surface area contributed by atoms with Crippen molar-refractivity contribution in [1.29, 1.82) is 0 Å². The number of likely N-dealkylation sites (tertiary alicyclic amines) is 1. The van der Waals surface area contributed by atoms with Gasteiger partial charge in [0, 0.05) is 57.9 Å². The summed E-state index contributed by atoms with van der Waals surface area (Å²) in [5, 5.41) is 7.06. The summed E-state index contributed by atoms with van der Waals surface area (Å²) >= 11 is 0. The van der Waals surface area contributed by atoms with E-state index in [1.165, 1.54) is 58.0 Å². The number of hydrogen-bond acceptors (Lipinski definition) is 4. The molecule has 0 aromatic heterocycles. The Morgan fingerprint density at radius 1 is 1.11 bits per heavy atom. The fraction of sp³-hybridized carbons (Fsp3) is 0.952. The van der Waals surface area contributed by atoms with Crippen molar-refractivity contribution in [3.8, 4) is 0 Å². The molecule has 6 heteroatoms. The average Bonchev–Trinajstić information content (AvgIpc) is 3.24. The molecule has 6 nitrogen and oxygen atoms in total. The summed E-state index contributed by atoms with van der Waals surface area (Å²) in [5.74, 6) is 1.54. The quantitative estimate of drug-likeness (QED) is 0.385. The van der Waals surface area contributed by atoms with Crippen LogP contribution in [-0.4, -0.2) is 76.1 Å². The predicted octanol–water partition coefficient (Wildman–Crippen LogP) is 2.39. The zero-order valence-electron chi connectivity index (χ0n) is 17.3. The van der Waals surface area contributed by atoms with Gasteiger partial charge in [0.1, 0.15) is 0 Å². The average molecular weight is 381 g/mol. The second-order valence-electron chi connectivity index (χ2n) is 8.40. The van der Waals surface area contributed by atoms with Gasteiger partial charge in [0.15, 0.2) is 5.96 Å². The lowest BCUT2D eigenvalue weighted by Crippen LogP contribution is -2.51. The summed E-state index contributed by atoms with van der Waals surface area (Å²) in [7, 11) is 1.86. The molecule has 156 valence electrons. The van der Waals surface area contributed by atoms with Crippen LogP contribution in [0.3, 0.4) is 0 Å². The number of guanidine groups is 1. The van der Waals surface area contributed by atoms with E-state index in [9.17, 15) is 0 Å². The number of piperidine rings is 1. The number of aliphatic imine (C=N–C) groups is 1. The van der Waals surface area contributed by atoms with Crippen LogP contribution in [0, 0.1) is 5.92 Å². The number of rotatable bonds is 8. The maximum Gasteiger partial charge on any atom is 0.191 e. The monoisotopic (exact) mass is 380 g/mol. The Kier molecular flexibility index (Phi) is 9.18. The summed E-state index contributed by atoms with van der Waals surface area (Å²) in [6.07, 6.45) is 11.7. The van der Waals surface area contributed by atoms with E-state index >= 15 is 0 Å². The molecule has 2 heterocycles. The van der Waals surface area contributed by atoms with Crippen LogP contribution in [0.2, 0.25) is 0 Å². The van der Waals surface area contributed by atoms with Gasteiger partial charge < -0.3 is 25.0 Å². The van der Waals surface area contributed by atoms with Gasteiger partial charge in [0.05, 0.1) is 13.2 Å². The first-order chi connectivity index (χ1) is 13.3. The van der Waals surface area contributed by atoms with Gasteiger partial charge in [0.25, 0.3) is 0 Å². The van der Waals surface area contributed by atoms with E-state index in [0.717, 1.165) is 57.8 Å². The fourth-order valence-corrected chi connectivity index (χ4v) is 4.59. The van der Waals surface area contributed by atoms with Gasteiger partial charge in [-0.3, -0.25) is 4.99 Å². The third-order valence-electron chi connectivity index (χ3n) is 6.32. The van der Waals surface area contributed by atoms with Gasteiger partial charge >= 0.3 is 0 Å². The van der Waals surface area contributed by atoms with Crippen LogP contribution in [0.5, 0.6) is 0 Å². The van der Waals surface area contributed by atoms with Gasteiger partial charge in [-0.15, -0.1) is 0 Å². The van der Waals surface area contributed by atoms with Crippen molar-refractivity contribution in [3.63, 3.8) is 0 Å². The Balaban J connectivity index is 1.23. The highest BCUT2D eigenvalue weighted by Crippen LogP contribution is 2.25. The molecule has 1 atom stereocenters. The minimum atomic E-state index is 0.551. The molecule has 2 N–H and O–H groups in total. The molecular weight excluding hydrogens is 340 g/mol. The molecule has 1 aliphatic carbocycles. The van der Waals surface area contributed by atoms with E-state index in [1.807, 2.05) is 7.05 Å². The highest BCUT2D eigenvalue weighted by molar-refractivity contribution is 5.79. The molecule has 2 aliphatic heterocycles. The van der Waals surface area contributed by atoms with Crippen molar-refractivity contribution in [2.24, 2.45) is 10.9 Å². The molecule has 0 aromatic rings.